The van der Waals surface area contributed by atoms with E-state index in [0.717, 1.165) is 6.29 Å². The lowest BCUT2D eigenvalue weighted by molar-refractivity contribution is -0.144. The zero-order valence-corrected chi connectivity index (χ0v) is 9.82. The van der Waals surface area contributed by atoms with Gasteiger partial charge in [0.2, 0.25) is 0 Å². The standard InChI is InChI=1S/C13H16O3/c1-5-6-16-12(15)11-10(13(11,3)4)7-9(2)8-14/h1,7-8,10-11H,6H2,2-4H3. The normalized spacial score (nSPS) is 26.8. The molecule has 0 aromatic heterocycles. The number of hydrogen-bond donors (Lipinski definition) is 0. The quantitative estimate of drug-likeness (QED) is 0.313. The first-order valence-electron chi connectivity index (χ1n) is 5.18. The predicted octanol–water partition coefficient (Wildman–Crippen LogP) is 1.58. The molecule has 1 rings (SSSR count). The molecule has 1 aliphatic carbocycles. The summed E-state index contributed by atoms with van der Waals surface area (Å²) in [7, 11) is 0. The average Bonchev–Trinajstić information content (AvgIpc) is 2.77. The number of carbonyl (C=O) groups is 2. The molecule has 2 unspecified atom stereocenters. The Labute approximate surface area is 95.9 Å². The lowest BCUT2D eigenvalue weighted by Gasteiger charge is -2.01. The monoisotopic (exact) mass is 220 g/mol. The minimum atomic E-state index is -0.275. The van der Waals surface area contributed by atoms with Gasteiger partial charge >= 0.3 is 5.97 Å². The van der Waals surface area contributed by atoms with Crippen LogP contribution in [-0.4, -0.2) is 18.9 Å². The minimum Gasteiger partial charge on any atom is -0.452 e. The second-order valence-corrected chi connectivity index (χ2v) is 4.67. The highest BCUT2D eigenvalue weighted by Crippen LogP contribution is 2.59. The van der Waals surface area contributed by atoms with Crippen LogP contribution in [0.25, 0.3) is 0 Å². The summed E-state index contributed by atoms with van der Waals surface area (Å²) in [6, 6.07) is 0. The van der Waals surface area contributed by atoms with Crippen molar-refractivity contribution in [3.05, 3.63) is 11.6 Å². The summed E-state index contributed by atoms with van der Waals surface area (Å²) < 4.78 is 4.90. The first kappa shape index (κ1) is 12.5. The summed E-state index contributed by atoms with van der Waals surface area (Å²) >= 11 is 0. The molecule has 0 spiro atoms. The van der Waals surface area contributed by atoms with E-state index in [2.05, 4.69) is 5.92 Å². The van der Waals surface area contributed by atoms with Crippen molar-refractivity contribution >= 4 is 12.3 Å². The predicted molar refractivity (Wildman–Crippen MR) is 60.4 cm³/mol. The highest BCUT2D eigenvalue weighted by atomic mass is 16.5. The Hall–Kier alpha value is -1.56. The van der Waals surface area contributed by atoms with Gasteiger partial charge in [0.05, 0.1) is 5.92 Å². The first-order chi connectivity index (χ1) is 7.45. The van der Waals surface area contributed by atoms with Crippen LogP contribution in [0, 0.1) is 29.6 Å². The van der Waals surface area contributed by atoms with E-state index in [4.69, 9.17) is 11.2 Å². The molecule has 0 radical (unpaired) electrons. The molecule has 2 atom stereocenters. The number of carbonyl (C=O) groups excluding carboxylic acids is 2. The Bertz CT molecular complexity index is 371. The largest absolute Gasteiger partial charge is 0.452 e. The molecule has 16 heavy (non-hydrogen) atoms. The van der Waals surface area contributed by atoms with Crippen LogP contribution in [-0.2, 0) is 14.3 Å². The van der Waals surface area contributed by atoms with Gasteiger partial charge in [0, 0.05) is 0 Å². The number of terminal acetylenes is 1. The van der Waals surface area contributed by atoms with Gasteiger partial charge in [0.1, 0.15) is 6.29 Å². The molecule has 1 aliphatic rings. The fourth-order valence-corrected chi connectivity index (χ4v) is 1.96. The third kappa shape index (κ3) is 2.33. The number of hydrogen-bond acceptors (Lipinski definition) is 3. The minimum absolute atomic E-state index is 0.00844. The van der Waals surface area contributed by atoms with Gasteiger partial charge < -0.3 is 4.74 Å². The summed E-state index contributed by atoms with van der Waals surface area (Å²) in [4.78, 5) is 22.1. The zero-order chi connectivity index (χ0) is 12.3. The molecule has 3 heteroatoms. The summed E-state index contributed by atoms with van der Waals surface area (Å²) in [6.07, 6.45) is 7.63. The van der Waals surface area contributed by atoms with E-state index >= 15 is 0 Å². The second kappa shape index (κ2) is 4.52. The third-order valence-corrected chi connectivity index (χ3v) is 3.09. The highest BCUT2D eigenvalue weighted by molar-refractivity contribution is 5.79. The average molecular weight is 220 g/mol. The van der Waals surface area contributed by atoms with Crippen molar-refractivity contribution in [2.24, 2.45) is 17.3 Å². The Balaban J connectivity index is 2.68. The first-order valence-corrected chi connectivity index (χ1v) is 5.18. The Morgan fingerprint density at radius 3 is 2.69 bits per heavy atom. The van der Waals surface area contributed by atoms with Gasteiger partial charge in [-0.05, 0) is 23.8 Å². The SMILES string of the molecule is C#CCOC(=O)C1C(C=C(C)C=O)C1(C)C. The molecule has 3 nitrogen and oxygen atoms in total. The van der Waals surface area contributed by atoms with Gasteiger partial charge in [-0.3, -0.25) is 9.59 Å². The fourth-order valence-electron chi connectivity index (χ4n) is 1.96. The van der Waals surface area contributed by atoms with Crippen molar-refractivity contribution in [1.82, 2.24) is 0 Å². The second-order valence-electron chi connectivity index (χ2n) is 4.67. The van der Waals surface area contributed by atoms with Gasteiger partial charge in [-0.1, -0.05) is 25.8 Å². The summed E-state index contributed by atoms with van der Waals surface area (Å²) in [6.45, 7) is 5.70. The maximum atomic E-state index is 11.6. The molecule has 0 amide bonds. The van der Waals surface area contributed by atoms with Crippen molar-refractivity contribution in [1.29, 1.82) is 0 Å². The van der Waals surface area contributed by atoms with Crippen LogP contribution in [0.1, 0.15) is 20.8 Å². The van der Waals surface area contributed by atoms with E-state index in [0.29, 0.717) is 5.57 Å². The van der Waals surface area contributed by atoms with Crippen LogP contribution in [0.5, 0.6) is 0 Å². The van der Waals surface area contributed by atoms with Crippen molar-refractivity contribution in [3.63, 3.8) is 0 Å². The van der Waals surface area contributed by atoms with Crippen molar-refractivity contribution in [2.75, 3.05) is 6.61 Å². The lowest BCUT2D eigenvalue weighted by atomic mass is 10.1. The maximum absolute atomic E-state index is 11.6. The fraction of sp³-hybridized carbons (Fsp3) is 0.538. The van der Waals surface area contributed by atoms with E-state index in [-0.39, 0.29) is 29.8 Å². The Kier molecular flexibility index (Phi) is 3.54. The smallest absolute Gasteiger partial charge is 0.311 e. The van der Waals surface area contributed by atoms with Crippen LogP contribution < -0.4 is 0 Å². The number of esters is 1. The van der Waals surface area contributed by atoms with Crippen molar-refractivity contribution in [3.8, 4) is 12.3 Å². The third-order valence-electron chi connectivity index (χ3n) is 3.09. The molecular weight excluding hydrogens is 204 g/mol. The molecule has 0 N–H and O–H groups in total. The number of rotatable bonds is 4. The van der Waals surface area contributed by atoms with E-state index in [9.17, 15) is 9.59 Å². The summed E-state index contributed by atoms with van der Waals surface area (Å²) in [5.41, 5.74) is 0.501. The molecule has 1 saturated carbocycles. The molecule has 0 bridgehead atoms. The Morgan fingerprint density at radius 1 is 1.56 bits per heavy atom. The van der Waals surface area contributed by atoms with Gasteiger partial charge in [0.25, 0.3) is 0 Å². The number of ether oxygens (including phenoxy) is 1. The van der Waals surface area contributed by atoms with Crippen molar-refractivity contribution in [2.45, 2.75) is 20.8 Å². The molecular formula is C13H16O3. The van der Waals surface area contributed by atoms with Gasteiger partial charge in [-0.25, -0.2) is 0 Å². The molecule has 0 aromatic rings. The van der Waals surface area contributed by atoms with Crippen LogP contribution in [0.3, 0.4) is 0 Å². The van der Waals surface area contributed by atoms with Crippen LogP contribution in [0.2, 0.25) is 0 Å². The van der Waals surface area contributed by atoms with Crippen LogP contribution in [0.4, 0.5) is 0 Å². The molecule has 1 fully saturated rings. The lowest BCUT2D eigenvalue weighted by Crippen LogP contribution is -2.10. The molecule has 0 aliphatic heterocycles. The zero-order valence-electron chi connectivity index (χ0n) is 9.82. The molecule has 86 valence electrons. The van der Waals surface area contributed by atoms with E-state index < -0.39 is 0 Å². The molecule has 0 saturated heterocycles. The van der Waals surface area contributed by atoms with Crippen molar-refractivity contribution < 1.29 is 14.3 Å². The molecule has 0 aromatic carbocycles. The van der Waals surface area contributed by atoms with Gasteiger partial charge in [0.15, 0.2) is 6.61 Å². The van der Waals surface area contributed by atoms with Gasteiger partial charge in [-0.2, -0.15) is 0 Å². The summed E-state index contributed by atoms with van der Waals surface area (Å²) in [5.74, 6) is 1.87. The Morgan fingerprint density at radius 2 is 2.19 bits per heavy atom. The number of aldehydes is 1. The summed E-state index contributed by atoms with van der Waals surface area (Å²) in [5, 5.41) is 0. The van der Waals surface area contributed by atoms with E-state index in [1.165, 1.54) is 0 Å². The van der Waals surface area contributed by atoms with Crippen LogP contribution in [0.15, 0.2) is 11.6 Å². The topological polar surface area (TPSA) is 43.4 Å². The highest BCUT2D eigenvalue weighted by Gasteiger charge is 2.61. The van der Waals surface area contributed by atoms with E-state index in [1.807, 2.05) is 19.9 Å². The maximum Gasteiger partial charge on any atom is 0.311 e. The molecule has 0 heterocycles. The number of allylic oxidation sites excluding steroid dienone is 2. The van der Waals surface area contributed by atoms with Crippen LogP contribution >= 0.6 is 0 Å². The van der Waals surface area contributed by atoms with E-state index in [1.54, 1.807) is 6.92 Å². The van der Waals surface area contributed by atoms with Gasteiger partial charge in [-0.15, -0.1) is 6.42 Å².